The Hall–Kier alpha value is 1.91. The average Bonchev–Trinajstić information content (AvgIpc) is 1.12. The summed E-state index contributed by atoms with van der Waals surface area (Å²) in [4.78, 5) is 58.6. The van der Waals surface area contributed by atoms with E-state index in [9.17, 15) is 0 Å². The second-order valence-electron chi connectivity index (χ2n) is 1.20. The van der Waals surface area contributed by atoms with Crippen LogP contribution in [0.5, 0.6) is 0 Å². The van der Waals surface area contributed by atoms with Gasteiger partial charge in [-0.05, 0) is 0 Å². The van der Waals surface area contributed by atoms with Crippen LogP contribution in [-0.4, -0.2) is 112 Å². The van der Waals surface area contributed by atoms with Gasteiger partial charge in [0.05, 0.1) is 0 Å². The van der Waals surface area contributed by atoms with Crippen LogP contribution in [0.15, 0.2) is 0 Å². The third-order valence-electron chi connectivity index (χ3n) is 0. The molecule has 0 saturated heterocycles. The van der Waals surface area contributed by atoms with E-state index in [0.717, 1.165) is 0 Å². The summed E-state index contributed by atoms with van der Waals surface area (Å²) in [6.07, 6.45) is 0. The molecule has 0 rings (SSSR count). The van der Waals surface area contributed by atoms with Gasteiger partial charge in [0.15, 0.2) is 17.4 Å². The minimum atomic E-state index is -4.61. The van der Waals surface area contributed by atoms with Crippen molar-refractivity contribution in [2.75, 3.05) is 0 Å². The van der Waals surface area contributed by atoms with Crippen molar-refractivity contribution in [3.8, 4) is 0 Å². The Bertz CT molecular complexity index is 60.0. The summed E-state index contributed by atoms with van der Waals surface area (Å²) in [6.45, 7) is 0. The summed E-state index contributed by atoms with van der Waals surface area (Å²) in [5.74, 6) is 0. The van der Waals surface area contributed by atoms with Crippen molar-refractivity contribution >= 4 is 73.2 Å². The second kappa shape index (κ2) is 9.46. The molecule has 0 aromatic carbocycles. The summed E-state index contributed by atoms with van der Waals surface area (Å²) in [6, 6.07) is 0. The molecule has 0 aliphatic rings. The Labute approximate surface area is 110 Å². The van der Waals surface area contributed by atoms with Crippen molar-refractivity contribution in [3.05, 3.63) is 0 Å². The molecule has 0 amide bonds. The van der Waals surface area contributed by atoms with Crippen LogP contribution >= 0.6 is 0 Å². The van der Waals surface area contributed by atoms with E-state index in [1.807, 2.05) is 0 Å². The van der Waals surface area contributed by atoms with Gasteiger partial charge in [-0.3, -0.25) is 0 Å². The van der Waals surface area contributed by atoms with E-state index >= 15 is 0 Å². The van der Waals surface area contributed by atoms with Crippen LogP contribution in [0.4, 0.5) is 0 Å². The van der Waals surface area contributed by atoms with Crippen LogP contribution in [0, 0.1) is 0 Å². The second-order valence-corrected chi connectivity index (χ2v) is 3.60. The van der Waals surface area contributed by atoms with E-state index in [2.05, 4.69) is 0 Å². The van der Waals surface area contributed by atoms with Crippen molar-refractivity contribution in [1.29, 1.82) is 0 Å². The Morgan fingerprint density at radius 2 is 0.500 bits per heavy atom. The zero-order valence-corrected chi connectivity index (χ0v) is 6.58. The summed E-state index contributed by atoms with van der Waals surface area (Å²) < 4.78 is 0. The van der Waals surface area contributed by atoms with Gasteiger partial charge in [0.2, 0.25) is 0 Å². The van der Waals surface area contributed by atoms with Crippen LogP contribution < -0.4 is 0 Å². The van der Waals surface area contributed by atoms with Crippen LogP contribution in [0.25, 0.3) is 0 Å². The van der Waals surface area contributed by atoms with Gasteiger partial charge in [0, 0.05) is 0 Å². The van der Waals surface area contributed by atoms with Crippen molar-refractivity contribution in [3.63, 3.8) is 0 Å². The molecule has 0 unspecified atom stereocenters. The third kappa shape index (κ3) is 390. The van der Waals surface area contributed by atoms with Gasteiger partial charge in [-0.1, -0.05) is 0 Å². The summed E-state index contributed by atoms with van der Waals surface area (Å²) in [5.41, 5.74) is 0. The van der Waals surface area contributed by atoms with Gasteiger partial charge in [-0.15, -0.1) is 0 Å². The van der Waals surface area contributed by atoms with Gasteiger partial charge in [-0.25, -0.2) is 0 Å². The van der Waals surface area contributed by atoms with Crippen LogP contribution in [0.3, 0.4) is 0 Å². The maximum absolute atomic E-state index is 7.33. The minimum absolute atomic E-state index is 0. The van der Waals surface area contributed by atoms with Crippen LogP contribution in [-0.2, 0) is 0 Å². The Balaban J connectivity index is -0.0000000457. The summed E-state index contributed by atoms with van der Waals surface area (Å²) in [7, 11) is -9.22. The molecule has 8 nitrogen and oxygen atoms in total. The van der Waals surface area contributed by atoms with E-state index in [1.165, 1.54) is 0 Å². The van der Waals surface area contributed by atoms with Crippen molar-refractivity contribution in [2.45, 2.75) is 0 Å². The van der Waals surface area contributed by atoms with Gasteiger partial charge in [0.25, 0.3) is 0 Å². The quantitative estimate of drug-likeness (QED) is 0.200. The first-order valence-electron chi connectivity index (χ1n) is 1.79. The predicted octanol–water partition coefficient (Wildman–Crippen LogP) is -7.32. The molecule has 12 heteroatoms. The zero-order valence-electron chi connectivity index (χ0n) is 4.58. The first-order valence-corrected chi connectivity index (χ1v) is 5.37. The Kier molecular flexibility index (Phi) is 18.6. The van der Waals surface area contributed by atoms with Gasteiger partial charge < -0.3 is 38.4 Å². The van der Waals surface area contributed by atoms with E-state index in [1.54, 1.807) is 0 Å². The molecule has 0 fully saturated rings. The molecule has 0 aliphatic carbocycles. The fourth-order valence-electron chi connectivity index (χ4n) is 0. The molecule has 0 radical (unpaired) electrons. The molecule has 0 saturated carbocycles. The van der Waals surface area contributed by atoms with Gasteiger partial charge in [-0.2, -0.15) is 0 Å². The van der Waals surface area contributed by atoms with Crippen LogP contribution in [0.1, 0.15) is 0 Å². The fourth-order valence-corrected chi connectivity index (χ4v) is 0. The molecule has 0 aliphatic heterocycles. The summed E-state index contributed by atoms with van der Waals surface area (Å²) in [5, 5.41) is 0. The van der Waals surface area contributed by atoms with Crippen LogP contribution in [0.2, 0.25) is 0 Å². The maximum atomic E-state index is 7.33. The molecule has 0 bridgehead atoms. The van der Waals surface area contributed by atoms with E-state index in [4.69, 9.17) is 38.4 Å². The van der Waals surface area contributed by atoms with E-state index in [0.29, 0.717) is 0 Å². The Morgan fingerprint density at radius 3 is 0.500 bits per heavy atom. The molecule has 0 spiro atoms. The van der Waals surface area contributed by atoms with Crippen molar-refractivity contribution in [2.24, 2.45) is 0 Å². The molecule has 0 atom stereocenters. The molecule has 12 heavy (non-hydrogen) atoms. The Morgan fingerprint density at radius 1 is 0.500 bits per heavy atom. The molecule has 0 aromatic heterocycles. The molecule has 0 aromatic rings. The topological polar surface area (TPSA) is 162 Å². The third-order valence-corrected chi connectivity index (χ3v) is 0. The first-order chi connectivity index (χ1) is 4.00. The predicted molar refractivity (Wildman–Crippen MR) is 47.7 cm³/mol. The molecule has 8 N–H and O–H groups in total. The van der Waals surface area contributed by atoms with E-state index < -0.39 is 18.1 Å². The number of hydrogen-bond donors (Lipinski definition) is 8. The first kappa shape index (κ1) is 23.6. The summed E-state index contributed by atoms with van der Waals surface area (Å²) >= 11 is 0. The van der Waals surface area contributed by atoms with Gasteiger partial charge in [0.1, 0.15) is 0 Å². The standard InChI is InChI=1S/Al.Ca.2H4O4Si.5H/c;;2*1-5(2,3)4;;;;;/h;;2*1-4H;;;;;. The SMILES string of the molecule is O[Si](O)(O)O.O[Si](O)(O)O.[AlH3].[CaH2]. The van der Waals surface area contributed by atoms with Crippen molar-refractivity contribution < 1.29 is 38.4 Å². The molecule has 74 valence electrons. The monoisotopic (exact) mass is 264 g/mol. The van der Waals surface area contributed by atoms with Gasteiger partial charge >= 0.3 is 55.8 Å². The number of hydrogen-bond acceptors (Lipinski definition) is 8. The normalized spacial score (nSPS) is 10.0. The molecular weight excluding hydrogens is 251 g/mol. The average molecular weight is 264 g/mol. The zero-order chi connectivity index (χ0) is 9.00. The number of rotatable bonds is 0. The van der Waals surface area contributed by atoms with Crippen molar-refractivity contribution in [1.82, 2.24) is 0 Å². The fraction of sp³-hybridized carbons (Fsp3) is 0. The molecule has 0 heterocycles. The van der Waals surface area contributed by atoms with E-state index in [-0.39, 0.29) is 55.1 Å². The molecular formula is H13AlCaO8Si2.